The third-order valence-electron chi connectivity index (χ3n) is 5.43. The monoisotopic (exact) mass is 402 g/mol. The molecule has 3 rings (SSSR count). The molecule has 150 valence electrons. The van der Waals surface area contributed by atoms with E-state index in [0.717, 1.165) is 31.0 Å². The molecule has 5 nitrogen and oxygen atoms in total. The molecule has 0 spiro atoms. The average Bonchev–Trinajstić information content (AvgIpc) is 2.69. The Kier molecular flexibility index (Phi) is 7.70. The third kappa shape index (κ3) is 5.03. The summed E-state index contributed by atoms with van der Waals surface area (Å²) in [5.41, 5.74) is 5.93. The number of carbonyl (C=O) groups excluding carboxylic acids is 2. The van der Waals surface area contributed by atoms with Crippen LogP contribution in [0, 0.1) is 23.5 Å². The molecule has 1 aromatic rings. The molecule has 2 aliphatic heterocycles. The van der Waals surface area contributed by atoms with Crippen molar-refractivity contribution in [2.75, 3.05) is 26.3 Å². The van der Waals surface area contributed by atoms with Crippen LogP contribution in [0.2, 0.25) is 0 Å². The Hall–Kier alpha value is -1.57. The maximum absolute atomic E-state index is 13.8. The molecule has 0 radical (unpaired) electrons. The lowest BCUT2D eigenvalue weighted by atomic mass is 9.87. The van der Waals surface area contributed by atoms with Crippen molar-refractivity contribution in [1.29, 1.82) is 0 Å². The summed E-state index contributed by atoms with van der Waals surface area (Å²) in [6.45, 7) is 2.06. The number of hydrogen-bond donors (Lipinski definition) is 1. The van der Waals surface area contributed by atoms with Gasteiger partial charge in [-0.05, 0) is 49.8 Å². The van der Waals surface area contributed by atoms with Crippen LogP contribution >= 0.6 is 12.4 Å². The molecule has 0 aromatic heterocycles. The molecule has 1 aromatic carbocycles. The van der Waals surface area contributed by atoms with Crippen LogP contribution in [0.3, 0.4) is 0 Å². The zero-order valence-electron chi connectivity index (χ0n) is 15.0. The number of piperidine rings is 1. The molecular formula is C19H25ClF2N2O3. The second-order valence-corrected chi connectivity index (χ2v) is 7.06. The molecule has 1 amide bonds. The van der Waals surface area contributed by atoms with Gasteiger partial charge in [0.1, 0.15) is 11.6 Å². The Bertz CT molecular complexity index is 675. The van der Waals surface area contributed by atoms with Crippen LogP contribution in [-0.2, 0) is 9.53 Å². The number of ketones is 1. The molecule has 1 atom stereocenters. The van der Waals surface area contributed by atoms with Crippen LogP contribution in [0.1, 0.15) is 36.0 Å². The summed E-state index contributed by atoms with van der Waals surface area (Å²) in [6.07, 6.45) is 2.42. The molecule has 27 heavy (non-hydrogen) atoms. The summed E-state index contributed by atoms with van der Waals surface area (Å²) in [5, 5.41) is 0. The number of Topliss-reactive ketones (excluding diaryl/α,β-unsaturated/α-hetero) is 1. The van der Waals surface area contributed by atoms with Crippen molar-refractivity contribution in [3.63, 3.8) is 0 Å². The van der Waals surface area contributed by atoms with E-state index in [2.05, 4.69) is 0 Å². The molecule has 2 saturated heterocycles. The van der Waals surface area contributed by atoms with E-state index >= 15 is 0 Å². The Morgan fingerprint density at radius 2 is 1.74 bits per heavy atom. The summed E-state index contributed by atoms with van der Waals surface area (Å²) in [5.74, 6) is -2.13. The van der Waals surface area contributed by atoms with E-state index < -0.39 is 29.4 Å². The number of likely N-dealkylation sites (tertiary alicyclic amines) is 1. The second kappa shape index (κ2) is 9.57. The first-order chi connectivity index (χ1) is 12.5. The number of halogens is 3. The van der Waals surface area contributed by atoms with Crippen LogP contribution in [0.15, 0.2) is 18.2 Å². The molecule has 2 aliphatic rings. The average molecular weight is 403 g/mol. The van der Waals surface area contributed by atoms with Crippen molar-refractivity contribution < 1.29 is 23.1 Å². The molecular weight excluding hydrogens is 378 g/mol. The Balaban J connectivity index is 0.00000261. The zero-order chi connectivity index (χ0) is 18.7. The van der Waals surface area contributed by atoms with E-state index in [9.17, 15) is 18.4 Å². The highest BCUT2D eigenvalue weighted by Gasteiger charge is 2.34. The van der Waals surface area contributed by atoms with Gasteiger partial charge >= 0.3 is 0 Å². The Morgan fingerprint density at radius 3 is 2.37 bits per heavy atom. The van der Waals surface area contributed by atoms with Crippen LogP contribution in [-0.4, -0.2) is 48.9 Å². The summed E-state index contributed by atoms with van der Waals surface area (Å²) in [6, 6.07) is 2.35. The molecule has 2 fully saturated rings. The van der Waals surface area contributed by atoms with Crippen molar-refractivity contribution in [2.45, 2.75) is 31.7 Å². The lowest BCUT2D eigenvalue weighted by Crippen LogP contribution is -2.51. The van der Waals surface area contributed by atoms with Crippen LogP contribution in [0.25, 0.3) is 0 Å². The van der Waals surface area contributed by atoms with Gasteiger partial charge in [-0.15, -0.1) is 12.4 Å². The van der Waals surface area contributed by atoms with Crippen LogP contribution < -0.4 is 5.73 Å². The van der Waals surface area contributed by atoms with Gasteiger partial charge in [-0.2, -0.15) is 0 Å². The van der Waals surface area contributed by atoms with Gasteiger partial charge in [-0.3, -0.25) is 9.59 Å². The van der Waals surface area contributed by atoms with Gasteiger partial charge in [0.05, 0.1) is 11.6 Å². The summed E-state index contributed by atoms with van der Waals surface area (Å²) < 4.78 is 32.4. The van der Waals surface area contributed by atoms with Gasteiger partial charge in [0.25, 0.3) is 0 Å². The van der Waals surface area contributed by atoms with E-state index in [0.29, 0.717) is 39.1 Å². The van der Waals surface area contributed by atoms with Gasteiger partial charge in [0, 0.05) is 32.2 Å². The van der Waals surface area contributed by atoms with Crippen molar-refractivity contribution in [3.05, 3.63) is 35.4 Å². The Labute approximate surface area is 163 Å². The number of rotatable bonds is 4. The highest BCUT2D eigenvalue weighted by Crippen LogP contribution is 2.25. The van der Waals surface area contributed by atoms with E-state index in [1.54, 1.807) is 4.90 Å². The molecule has 0 saturated carbocycles. The lowest BCUT2D eigenvalue weighted by Gasteiger charge is -2.35. The number of benzene rings is 1. The van der Waals surface area contributed by atoms with Crippen molar-refractivity contribution in [3.8, 4) is 0 Å². The minimum Gasteiger partial charge on any atom is -0.381 e. The normalized spacial score (nSPS) is 20.0. The number of carbonyl (C=O) groups is 2. The number of nitrogens with zero attached hydrogens (tertiary/aromatic N) is 1. The smallest absolute Gasteiger partial charge is 0.239 e. The number of ether oxygens (including phenoxy) is 1. The quantitative estimate of drug-likeness (QED) is 0.785. The maximum atomic E-state index is 13.8. The number of amides is 1. The topological polar surface area (TPSA) is 72.6 Å². The molecule has 0 bridgehead atoms. The van der Waals surface area contributed by atoms with E-state index in [1.807, 2.05) is 0 Å². The van der Waals surface area contributed by atoms with Gasteiger partial charge in [0.15, 0.2) is 5.78 Å². The van der Waals surface area contributed by atoms with Crippen LogP contribution in [0.4, 0.5) is 8.78 Å². The van der Waals surface area contributed by atoms with Crippen molar-refractivity contribution in [2.24, 2.45) is 17.6 Å². The zero-order valence-corrected chi connectivity index (χ0v) is 15.9. The summed E-state index contributed by atoms with van der Waals surface area (Å²) in [4.78, 5) is 26.8. The van der Waals surface area contributed by atoms with Gasteiger partial charge in [0.2, 0.25) is 5.91 Å². The Morgan fingerprint density at radius 1 is 1.11 bits per heavy atom. The second-order valence-electron chi connectivity index (χ2n) is 7.06. The van der Waals surface area contributed by atoms with Gasteiger partial charge in [-0.25, -0.2) is 8.78 Å². The minimum atomic E-state index is -0.712. The fourth-order valence-corrected chi connectivity index (χ4v) is 3.76. The first-order valence-electron chi connectivity index (χ1n) is 9.08. The fourth-order valence-electron chi connectivity index (χ4n) is 3.76. The fraction of sp³-hybridized carbons (Fsp3) is 0.579. The standard InChI is InChI=1S/C19H24F2N2O3.ClH/c20-14-1-2-16(21)15(11-14)18(24)13-3-7-23(8-4-13)19(25)17(22)12-5-9-26-10-6-12;/h1-2,11-13,17H,3-10,22H2;1H. The summed E-state index contributed by atoms with van der Waals surface area (Å²) >= 11 is 0. The molecule has 8 heteroatoms. The van der Waals surface area contributed by atoms with Gasteiger partial charge in [-0.1, -0.05) is 0 Å². The highest BCUT2D eigenvalue weighted by molar-refractivity contribution is 5.98. The molecule has 1 unspecified atom stereocenters. The first kappa shape index (κ1) is 21.7. The van der Waals surface area contributed by atoms with Gasteiger partial charge < -0.3 is 15.4 Å². The van der Waals surface area contributed by atoms with Crippen LogP contribution in [0.5, 0.6) is 0 Å². The van der Waals surface area contributed by atoms with Crippen molar-refractivity contribution in [1.82, 2.24) is 4.90 Å². The van der Waals surface area contributed by atoms with E-state index in [1.165, 1.54) is 0 Å². The molecule has 2 N–H and O–H groups in total. The maximum Gasteiger partial charge on any atom is 0.239 e. The van der Waals surface area contributed by atoms with Crippen molar-refractivity contribution >= 4 is 24.1 Å². The minimum absolute atomic E-state index is 0. The highest BCUT2D eigenvalue weighted by atomic mass is 35.5. The van der Waals surface area contributed by atoms with E-state index in [-0.39, 0.29) is 29.8 Å². The number of nitrogens with two attached hydrogens (primary N) is 1. The lowest BCUT2D eigenvalue weighted by molar-refractivity contribution is -0.136. The SMILES string of the molecule is Cl.NC(C(=O)N1CCC(C(=O)c2cc(F)ccc2F)CC1)C1CCOCC1. The third-order valence-corrected chi connectivity index (χ3v) is 5.43. The largest absolute Gasteiger partial charge is 0.381 e. The first-order valence-corrected chi connectivity index (χ1v) is 9.08. The molecule has 0 aliphatic carbocycles. The molecule has 2 heterocycles. The van der Waals surface area contributed by atoms with E-state index in [4.69, 9.17) is 10.5 Å². The summed E-state index contributed by atoms with van der Waals surface area (Å²) in [7, 11) is 0. The number of hydrogen-bond acceptors (Lipinski definition) is 4. The predicted octanol–water partition coefficient (Wildman–Crippen LogP) is 2.56. The predicted molar refractivity (Wildman–Crippen MR) is 98.8 cm³/mol.